The Morgan fingerprint density at radius 2 is 1.62 bits per heavy atom. The summed E-state index contributed by atoms with van der Waals surface area (Å²) in [6, 6.07) is 4.58. The average molecular weight is 488 g/mol. The topological polar surface area (TPSA) is 142 Å². The van der Waals surface area contributed by atoms with Crippen molar-refractivity contribution in [2.24, 2.45) is 0 Å². The second-order valence-corrected chi connectivity index (χ2v) is 8.62. The van der Waals surface area contributed by atoms with E-state index in [4.69, 9.17) is 16.3 Å². The molecule has 11 heteroatoms. The van der Waals surface area contributed by atoms with Gasteiger partial charge in [0.1, 0.15) is 5.75 Å². The lowest BCUT2D eigenvalue weighted by Gasteiger charge is -2.30. The van der Waals surface area contributed by atoms with Crippen LogP contribution in [0.2, 0.25) is 5.02 Å². The van der Waals surface area contributed by atoms with E-state index in [2.05, 4.69) is 9.97 Å². The van der Waals surface area contributed by atoms with Gasteiger partial charge in [-0.15, -0.1) is 0 Å². The first-order chi connectivity index (χ1) is 16.3. The number of nitrogens with one attached hydrogen (secondary N) is 2. The van der Waals surface area contributed by atoms with Crippen LogP contribution < -0.4 is 32.3 Å². The van der Waals surface area contributed by atoms with E-state index in [0.717, 1.165) is 22.0 Å². The van der Waals surface area contributed by atoms with E-state index in [1.807, 2.05) is 13.8 Å². The summed E-state index contributed by atoms with van der Waals surface area (Å²) < 4.78 is 7.78. The Morgan fingerprint density at radius 1 is 0.971 bits per heavy atom. The molecule has 0 aliphatic carbocycles. The first-order valence-corrected chi connectivity index (χ1v) is 11.5. The molecule has 180 valence electrons. The molecular weight excluding hydrogens is 464 g/mol. The second-order valence-electron chi connectivity index (χ2n) is 8.18. The van der Waals surface area contributed by atoms with Gasteiger partial charge < -0.3 is 14.4 Å². The van der Waals surface area contributed by atoms with Crippen molar-refractivity contribution in [3.63, 3.8) is 0 Å². The molecule has 1 aliphatic rings. The third-order valence-electron chi connectivity index (χ3n) is 5.91. The van der Waals surface area contributed by atoms with E-state index in [0.29, 0.717) is 23.4 Å². The summed E-state index contributed by atoms with van der Waals surface area (Å²) in [4.78, 5) is 56.3. The van der Waals surface area contributed by atoms with Gasteiger partial charge in [-0.25, -0.2) is 9.59 Å². The van der Waals surface area contributed by atoms with Crippen molar-refractivity contribution in [1.82, 2.24) is 19.1 Å². The Balaban J connectivity index is 2.07. The summed E-state index contributed by atoms with van der Waals surface area (Å²) in [5.41, 5.74) is -3.10. The highest BCUT2D eigenvalue weighted by atomic mass is 35.5. The Hall–Kier alpha value is -3.53. The average Bonchev–Trinajstić information content (AvgIpc) is 2.78. The molecule has 0 fully saturated rings. The van der Waals surface area contributed by atoms with Gasteiger partial charge >= 0.3 is 11.4 Å². The molecule has 34 heavy (non-hydrogen) atoms. The molecule has 0 amide bonds. The van der Waals surface area contributed by atoms with E-state index >= 15 is 0 Å². The molecule has 0 bridgehead atoms. The van der Waals surface area contributed by atoms with Crippen LogP contribution in [0.5, 0.6) is 17.5 Å². The zero-order chi connectivity index (χ0) is 24.6. The molecule has 1 atom stereocenters. The minimum atomic E-state index is -1.19. The second kappa shape index (κ2) is 9.38. The van der Waals surface area contributed by atoms with Crippen LogP contribution in [0.15, 0.2) is 37.4 Å². The number of unbranched alkanes of at least 4 members (excludes halogenated alkanes) is 2. The van der Waals surface area contributed by atoms with Crippen LogP contribution in [0.1, 0.15) is 62.1 Å². The fourth-order valence-electron chi connectivity index (χ4n) is 4.16. The number of fused-ring (bicyclic) bond motifs is 2. The lowest BCUT2D eigenvalue weighted by Crippen LogP contribution is -2.42. The number of ether oxygens (including phenoxy) is 1. The Bertz CT molecular complexity index is 1480. The lowest BCUT2D eigenvalue weighted by molar-refractivity contribution is -0.281. The number of hydrogen-bond donors (Lipinski definition) is 2. The standard InChI is InChI=1S/C23H25ClN4O6/c1-3-5-9-27-20(30)16(18(29)25-22(27)32)15-13-11-12(24)7-8-14(13)34-19-17(15)21(31)28(10-6-4-2)23(33)26-19/h7-8,11,15,30H,3-6,9-10H2,1-2H3,(H,26,33)(H,25,29,32)/p-1. The fourth-order valence-corrected chi connectivity index (χ4v) is 4.35. The molecule has 4 rings (SSSR count). The van der Waals surface area contributed by atoms with Gasteiger partial charge in [0.2, 0.25) is 5.88 Å². The summed E-state index contributed by atoms with van der Waals surface area (Å²) in [5.74, 6) is -1.91. The van der Waals surface area contributed by atoms with E-state index in [1.54, 1.807) is 6.07 Å². The predicted octanol–water partition coefficient (Wildman–Crippen LogP) is 2.00. The van der Waals surface area contributed by atoms with Crippen LogP contribution in [0.25, 0.3) is 0 Å². The number of H-pyrrole nitrogens is 2. The Kier molecular flexibility index (Phi) is 6.52. The zero-order valence-corrected chi connectivity index (χ0v) is 19.5. The summed E-state index contributed by atoms with van der Waals surface area (Å²) >= 11 is 6.21. The molecule has 0 saturated carbocycles. The number of rotatable bonds is 7. The van der Waals surface area contributed by atoms with Crippen LogP contribution in [0.3, 0.4) is 0 Å². The van der Waals surface area contributed by atoms with Crippen molar-refractivity contribution in [3.05, 3.63) is 81.6 Å². The van der Waals surface area contributed by atoms with Gasteiger partial charge in [0.05, 0.1) is 11.5 Å². The van der Waals surface area contributed by atoms with Gasteiger partial charge in [-0.1, -0.05) is 38.3 Å². The molecule has 3 heterocycles. The van der Waals surface area contributed by atoms with Crippen molar-refractivity contribution in [2.45, 2.75) is 58.5 Å². The maximum Gasteiger partial charge on any atom is 0.331 e. The monoisotopic (exact) mass is 487 g/mol. The molecule has 10 nitrogen and oxygen atoms in total. The zero-order valence-electron chi connectivity index (χ0n) is 18.8. The van der Waals surface area contributed by atoms with Gasteiger partial charge in [-0.2, -0.15) is 0 Å². The number of nitrogens with zero attached hydrogens (tertiary/aromatic N) is 2. The number of aromatic amines is 2. The van der Waals surface area contributed by atoms with Crippen molar-refractivity contribution < 1.29 is 9.84 Å². The molecule has 1 aromatic carbocycles. The van der Waals surface area contributed by atoms with Gasteiger partial charge in [-0.3, -0.25) is 24.1 Å². The number of halogens is 1. The van der Waals surface area contributed by atoms with Gasteiger partial charge in [0, 0.05) is 29.2 Å². The third kappa shape index (κ3) is 3.98. The molecule has 3 aromatic rings. The van der Waals surface area contributed by atoms with E-state index in [-0.39, 0.29) is 35.8 Å². The molecule has 0 radical (unpaired) electrons. The highest BCUT2D eigenvalue weighted by molar-refractivity contribution is 6.30. The summed E-state index contributed by atoms with van der Waals surface area (Å²) in [6.45, 7) is 4.10. The van der Waals surface area contributed by atoms with Crippen LogP contribution in [-0.2, 0) is 13.1 Å². The molecule has 2 N–H and O–H groups in total. The van der Waals surface area contributed by atoms with E-state index in [1.165, 1.54) is 12.1 Å². The van der Waals surface area contributed by atoms with Crippen LogP contribution in [0.4, 0.5) is 0 Å². The largest absolute Gasteiger partial charge is 0.860 e. The van der Waals surface area contributed by atoms with Crippen LogP contribution >= 0.6 is 11.6 Å². The first kappa shape index (κ1) is 23.6. The Morgan fingerprint density at radius 3 is 2.29 bits per heavy atom. The number of benzene rings is 1. The highest BCUT2D eigenvalue weighted by Crippen LogP contribution is 2.45. The molecule has 0 saturated heterocycles. The van der Waals surface area contributed by atoms with Crippen LogP contribution in [-0.4, -0.2) is 19.1 Å². The molecule has 1 unspecified atom stereocenters. The van der Waals surface area contributed by atoms with Gasteiger partial charge in [-0.05, 0) is 36.9 Å². The highest BCUT2D eigenvalue weighted by Gasteiger charge is 2.36. The van der Waals surface area contributed by atoms with Crippen LogP contribution in [0, 0.1) is 0 Å². The van der Waals surface area contributed by atoms with Crippen molar-refractivity contribution in [2.75, 3.05) is 0 Å². The SMILES string of the molecule is CCCCn1c([O-])c(C2c3cc(Cl)ccc3Oc3[nH]c(=O)n(CCCC)c(=O)c32)c(=O)[nH]c1=O. The summed E-state index contributed by atoms with van der Waals surface area (Å²) in [7, 11) is 0. The van der Waals surface area contributed by atoms with E-state index < -0.39 is 34.3 Å². The van der Waals surface area contributed by atoms with Crippen molar-refractivity contribution >= 4 is 11.6 Å². The molecule has 0 spiro atoms. The lowest BCUT2D eigenvalue weighted by atomic mass is 9.84. The Labute approximate surface area is 198 Å². The maximum atomic E-state index is 13.5. The van der Waals surface area contributed by atoms with Gasteiger partial charge in [0.15, 0.2) is 0 Å². The molecule has 2 aromatic heterocycles. The van der Waals surface area contributed by atoms with Crippen molar-refractivity contribution in [3.8, 4) is 17.5 Å². The molecular formula is C23H24ClN4O6-. The third-order valence-corrected chi connectivity index (χ3v) is 6.15. The number of aromatic nitrogens is 4. The summed E-state index contributed by atoms with van der Waals surface area (Å²) in [6.07, 6.45) is 2.59. The van der Waals surface area contributed by atoms with E-state index in [9.17, 15) is 24.3 Å². The normalized spacial score (nSPS) is 14.4. The first-order valence-electron chi connectivity index (χ1n) is 11.2. The molecule has 1 aliphatic heterocycles. The number of hydrogen-bond acceptors (Lipinski definition) is 6. The van der Waals surface area contributed by atoms with Crippen molar-refractivity contribution in [1.29, 1.82) is 0 Å². The maximum absolute atomic E-state index is 13.5. The van der Waals surface area contributed by atoms with Gasteiger partial charge in [0.25, 0.3) is 11.1 Å². The quantitative estimate of drug-likeness (QED) is 0.408. The smallest absolute Gasteiger partial charge is 0.331 e. The summed E-state index contributed by atoms with van der Waals surface area (Å²) in [5, 5.41) is 13.7. The predicted molar refractivity (Wildman–Crippen MR) is 124 cm³/mol. The minimum absolute atomic E-state index is 0.0613. The minimum Gasteiger partial charge on any atom is -0.860 e. The fraction of sp³-hybridized carbons (Fsp3) is 0.391.